The molecule has 1 amide bonds. The molecule has 1 atom stereocenters. The van der Waals surface area contributed by atoms with Crippen molar-refractivity contribution in [3.8, 4) is 11.3 Å². The Bertz CT molecular complexity index is 1410. The van der Waals surface area contributed by atoms with E-state index in [4.69, 9.17) is 20.9 Å². The number of benzene rings is 2. The van der Waals surface area contributed by atoms with E-state index in [-0.39, 0.29) is 11.7 Å². The van der Waals surface area contributed by atoms with Crippen molar-refractivity contribution in [2.24, 2.45) is 5.73 Å². The highest BCUT2D eigenvalue weighted by Gasteiger charge is 2.26. The van der Waals surface area contributed by atoms with Crippen LogP contribution < -0.4 is 16.0 Å². The van der Waals surface area contributed by atoms with E-state index >= 15 is 0 Å². The maximum atomic E-state index is 12.7. The molecule has 190 valence electrons. The number of amidine groups is 1. The van der Waals surface area contributed by atoms with Crippen molar-refractivity contribution in [1.82, 2.24) is 20.3 Å². The number of rotatable bonds is 9. The molecule has 9 heteroatoms. The first-order valence-electron chi connectivity index (χ1n) is 12.4. The molecule has 1 fully saturated rings. The van der Waals surface area contributed by atoms with Crippen LogP contribution in [0.4, 0.5) is 5.95 Å². The predicted octanol–water partition coefficient (Wildman–Crippen LogP) is 3.50. The van der Waals surface area contributed by atoms with Gasteiger partial charge in [-0.05, 0) is 55.2 Å². The summed E-state index contributed by atoms with van der Waals surface area (Å²) in [6.45, 7) is 2.09. The molecule has 5 N–H and O–H groups in total. The van der Waals surface area contributed by atoms with Crippen LogP contribution in [0.25, 0.3) is 22.2 Å². The SMILES string of the molecule is COC[C@@H]1CCCN1c1nccc(-c2ccc(C(=O)NCCc3ccc4[nH]cc(C(=N)N)c4c3)cc2)n1. The first-order valence-corrected chi connectivity index (χ1v) is 12.4. The monoisotopic (exact) mass is 497 g/mol. The molecule has 0 aliphatic carbocycles. The lowest BCUT2D eigenvalue weighted by atomic mass is 10.1. The highest BCUT2D eigenvalue weighted by atomic mass is 16.5. The summed E-state index contributed by atoms with van der Waals surface area (Å²) in [5, 5.41) is 11.6. The zero-order valence-electron chi connectivity index (χ0n) is 20.8. The summed E-state index contributed by atoms with van der Waals surface area (Å²) >= 11 is 0. The standard InChI is InChI=1S/C28H31N7O2/c1-37-17-21-3-2-14-35(21)28-32-13-11-24(34-28)19-5-7-20(8-6-19)27(36)31-12-10-18-4-9-25-22(15-18)23(16-33-25)26(29)30/h4-9,11,13,15-16,21,33H,2-3,10,12,14,17H2,1H3,(H3,29,30)(H,31,36)/t21-/m0/s1. The molecule has 4 aromatic rings. The number of carbonyl (C=O) groups excluding carboxylic acids is 1. The maximum Gasteiger partial charge on any atom is 0.251 e. The van der Waals surface area contributed by atoms with E-state index in [2.05, 4.69) is 20.2 Å². The molecular weight excluding hydrogens is 466 g/mol. The van der Waals surface area contributed by atoms with Gasteiger partial charge in [0.25, 0.3) is 5.91 Å². The largest absolute Gasteiger partial charge is 0.384 e. The second kappa shape index (κ2) is 10.8. The van der Waals surface area contributed by atoms with E-state index in [1.54, 1.807) is 19.5 Å². The van der Waals surface area contributed by atoms with Crippen LogP contribution in [-0.2, 0) is 11.2 Å². The number of nitrogen functional groups attached to an aromatic ring is 1. The molecule has 1 aliphatic heterocycles. The van der Waals surface area contributed by atoms with Gasteiger partial charge in [0.05, 0.1) is 18.3 Å². The number of nitrogens with one attached hydrogen (secondary N) is 3. The van der Waals surface area contributed by atoms with Crippen molar-refractivity contribution in [3.63, 3.8) is 0 Å². The van der Waals surface area contributed by atoms with Crippen LogP contribution in [0.5, 0.6) is 0 Å². The van der Waals surface area contributed by atoms with E-state index in [1.807, 2.05) is 48.5 Å². The van der Waals surface area contributed by atoms with Crippen LogP contribution in [0.2, 0.25) is 0 Å². The third-order valence-electron chi connectivity index (χ3n) is 6.81. The number of methoxy groups -OCH3 is 1. The smallest absolute Gasteiger partial charge is 0.251 e. The lowest BCUT2D eigenvalue weighted by Crippen LogP contribution is -2.34. The number of aromatic nitrogens is 3. The van der Waals surface area contributed by atoms with E-state index in [0.29, 0.717) is 42.7 Å². The zero-order valence-corrected chi connectivity index (χ0v) is 20.8. The highest BCUT2D eigenvalue weighted by Crippen LogP contribution is 2.25. The van der Waals surface area contributed by atoms with Gasteiger partial charge in [0.15, 0.2) is 0 Å². The number of anilines is 1. The second-order valence-corrected chi connectivity index (χ2v) is 9.27. The number of H-pyrrole nitrogens is 1. The zero-order chi connectivity index (χ0) is 25.8. The van der Waals surface area contributed by atoms with Gasteiger partial charge in [-0.3, -0.25) is 10.2 Å². The summed E-state index contributed by atoms with van der Waals surface area (Å²) in [4.78, 5) is 27.3. The lowest BCUT2D eigenvalue weighted by molar-refractivity contribution is 0.0954. The molecule has 3 heterocycles. The Balaban J connectivity index is 1.20. The summed E-state index contributed by atoms with van der Waals surface area (Å²) in [5.41, 5.74) is 10.7. The minimum Gasteiger partial charge on any atom is -0.384 e. The minimum absolute atomic E-state index is 0.0321. The molecular formula is C28H31N7O2. The average molecular weight is 498 g/mol. The fourth-order valence-corrected chi connectivity index (χ4v) is 4.87. The second-order valence-electron chi connectivity index (χ2n) is 9.27. The van der Waals surface area contributed by atoms with Gasteiger partial charge in [-0.1, -0.05) is 18.2 Å². The highest BCUT2D eigenvalue weighted by molar-refractivity contribution is 6.07. The molecule has 9 nitrogen and oxygen atoms in total. The summed E-state index contributed by atoms with van der Waals surface area (Å²) < 4.78 is 5.36. The molecule has 1 saturated heterocycles. The topological polar surface area (TPSA) is 133 Å². The molecule has 1 aliphatic rings. The summed E-state index contributed by atoms with van der Waals surface area (Å²) in [5.74, 6) is 0.623. The molecule has 0 bridgehead atoms. The van der Waals surface area contributed by atoms with Crippen molar-refractivity contribution in [3.05, 3.63) is 77.6 Å². The van der Waals surface area contributed by atoms with Gasteiger partial charge < -0.3 is 25.7 Å². The number of ether oxygens (including phenoxy) is 1. The number of aromatic amines is 1. The first kappa shape index (κ1) is 24.5. The number of hydrogen-bond donors (Lipinski definition) is 4. The predicted molar refractivity (Wildman–Crippen MR) is 145 cm³/mol. The number of amides is 1. The molecule has 37 heavy (non-hydrogen) atoms. The van der Waals surface area contributed by atoms with Gasteiger partial charge in [-0.2, -0.15) is 0 Å². The Labute approximate surface area is 215 Å². The Kier molecular flexibility index (Phi) is 7.14. The molecule has 2 aromatic heterocycles. The third-order valence-corrected chi connectivity index (χ3v) is 6.81. The van der Waals surface area contributed by atoms with Gasteiger partial charge in [0.1, 0.15) is 5.84 Å². The van der Waals surface area contributed by atoms with Crippen LogP contribution in [0.15, 0.2) is 60.9 Å². The van der Waals surface area contributed by atoms with Crippen molar-refractivity contribution >= 4 is 28.6 Å². The van der Waals surface area contributed by atoms with Crippen molar-refractivity contribution < 1.29 is 9.53 Å². The summed E-state index contributed by atoms with van der Waals surface area (Å²) in [6.07, 6.45) is 6.38. The number of hydrogen-bond acceptors (Lipinski definition) is 6. The number of carbonyl (C=O) groups is 1. The van der Waals surface area contributed by atoms with E-state index in [0.717, 1.165) is 47.1 Å². The van der Waals surface area contributed by atoms with Gasteiger partial charge in [0, 0.05) is 60.2 Å². The van der Waals surface area contributed by atoms with Gasteiger partial charge in [0.2, 0.25) is 5.95 Å². The van der Waals surface area contributed by atoms with Crippen molar-refractivity contribution in [2.45, 2.75) is 25.3 Å². The Morgan fingerprint density at radius 1 is 1.24 bits per heavy atom. The number of nitrogens with two attached hydrogens (primary N) is 1. The van der Waals surface area contributed by atoms with E-state index in [1.165, 1.54) is 0 Å². The van der Waals surface area contributed by atoms with Gasteiger partial charge >= 0.3 is 0 Å². The van der Waals surface area contributed by atoms with Gasteiger partial charge in [-0.15, -0.1) is 0 Å². The Morgan fingerprint density at radius 2 is 2.08 bits per heavy atom. The van der Waals surface area contributed by atoms with Crippen LogP contribution >= 0.6 is 0 Å². The normalized spacial score (nSPS) is 15.3. The van der Waals surface area contributed by atoms with Crippen LogP contribution in [0, 0.1) is 5.41 Å². The maximum absolute atomic E-state index is 12.7. The molecule has 0 unspecified atom stereocenters. The van der Waals surface area contributed by atoms with Crippen molar-refractivity contribution in [2.75, 3.05) is 31.7 Å². The van der Waals surface area contributed by atoms with E-state index in [9.17, 15) is 4.79 Å². The van der Waals surface area contributed by atoms with Gasteiger partial charge in [-0.25, -0.2) is 9.97 Å². The first-order chi connectivity index (χ1) is 18.0. The Morgan fingerprint density at radius 3 is 2.86 bits per heavy atom. The summed E-state index contributed by atoms with van der Waals surface area (Å²) in [6, 6.07) is 15.7. The van der Waals surface area contributed by atoms with E-state index < -0.39 is 0 Å². The fourth-order valence-electron chi connectivity index (χ4n) is 4.87. The molecule has 5 rings (SSSR count). The lowest BCUT2D eigenvalue weighted by Gasteiger charge is -2.24. The fraction of sp³-hybridized carbons (Fsp3) is 0.286. The minimum atomic E-state index is -0.124. The molecule has 2 aromatic carbocycles. The quantitative estimate of drug-likeness (QED) is 0.207. The average Bonchev–Trinajstić information content (AvgIpc) is 3.56. The van der Waals surface area contributed by atoms with Crippen LogP contribution in [0.1, 0.15) is 34.3 Å². The third kappa shape index (κ3) is 5.31. The number of fused-ring (bicyclic) bond motifs is 1. The van der Waals surface area contributed by atoms with Crippen molar-refractivity contribution in [1.29, 1.82) is 5.41 Å². The molecule has 0 saturated carbocycles. The van der Waals surface area contributed by atoms with Crippen LogP contribution in [-0.4, -0.2) is 59.5 Å². The Hall–Kier alpha value is -4.24. The summed E-state index contributed by atoms with van der Waals surface area (Å²) in [7, 11) is 1.72. The molecule has 0 radical (unpaired) electrons. The number of nitrogens with zero attached hydrogens (tertiary/aromatic N) is 3. The molecule has 0 spiro atoms. The van der Waals surface area contributed by atoms with Crippen LogP contribution in [0.3, 0.4) is 0 Å².